The summed E-state index contributed by atoms with van der Waals surface area (Å²) in [6.07, 6.45) is 0. The average Bonchev–Trinajstić information content (AvgIpc) is 0.811. The van der Waals surface area contributed by atoms with Crippen molar-refractivity contribution in [3.05, 3.63) is 0 Å². The monoisotopic (exact) mass is 196 g/mol. The molecule has 4 heteroatoms. The molecule has 0 aromatic rings. The van der Waals surface area contributed by atoms with Crippen LogP contribution in [-0.2, 0) is 0 Å². The van der Waals surface area contributed by atoms with Crippen LogP contribution >= 0.6 is 5.60 Å². The molecule has 0 unspecified atom stereocenters. The molecule has 0 amide bonds. The average molecular weight is 194 g/mol. The van der Waals surface area contributed by atoms with Gasteiger partial charge in [0.15, 0.2) is 0 Å². The third-order valence-electron chi connectivity index (χ3n) is 0. The summed E-state index contributed by atoms with van der Waals surface area (Å²) in [5.41, 5.74) is -1.87. The van der Waals surface area contributed by atoms with Gasteiger partial charge < -0.3 is 0 Å². The zero-order valence-corrected chi connectivity index (χ0v) is 5.13. The Kier molecular flexibility index (Phi) is 3.06. The van der Waals surface area contributed by atoms with E-state index in [1.54, 1.807) is 0 Å². The van der Waals surface area contributed by atoms with Crippen molar-refractivity contribution in [1.82, 2.24) is 0 Å². The Labute approximate surface area is 37.0 Å². The van der Waals surface area contributed by atoms with Crippen LogP contribution in [0, 0.1) is 0 Å². The summed E-state index contributed by atoms with van der Waals surface area (Å²) in [5, 5.41) is 0. The first kappa shape index (κ1) is 5.14. The topological polar surface area (TPSA) is 40.5 Å². The number of hydrogen-bond donors (Lipinski definition) is 2. The summed E-state index contributed by atoms with van der Waals surface area (Å²) in [6, 6.07) is 0. The van der Waals surface area contributed by atoms with Crippen molar-refractivity contribution in [2.24, 2.45) is 0 Å². The quantitative estimate of drug-likeness (QED) is 0.387. The molecular formula is H3O2PTe. The van der Waals surface area contributed by atoms with Crippen molar-refractivity contribution >= 4 is 26.8 Å². The first-order chi connectivity index (χ1) is 1.73. The molecule has 2 nitrogen and oxygen atoms in total. The Morgan fingerprint density at radius 2 is 1.50 bits per heavy atom. The van der Waals surface area contributed by atoms with Crippen LogP contribution in [0.5, 0.6) is 0 Å². The van der Waals surface area contributed by atoms with Crippen LogP contribution in [-0.4, -0.2) is 31.0 Å². The molecular weight excluding hydrogens is 191 g/mol. The van der Waals surface area contributed by atoms with Crippen LogP contribution < -0.4 is 0 Å². The SMILES string of the molecule is O[PH](O)=[Te]. The van der Waals surface area contributed by atoms with E-state index in [4.69, 9.17) is 9.79 Å². The molecule has 0 heterocycles. The summed E-state index contributed by atoms with van der Waals surface area (Å²) >= 11 is 1.32. The molecule has 0 aromatic heterocycles. The van der Waals surface area contributed by atoms with Crippen LogP contribution in [0.1, 0.15) is 0 Å². The molecule has 0 fully saturated rings. The summed E-state index contributed by atoms with van der Waals surface area (Å²) in [7, 11) is 0. The van der Waals surface area contributed by atoms with Gasteiger partial charge in [0.2, 0.25) is 0 Å². The Morgan fingerprint density at radius 3 is 1.50 bits per heavy atom. The van der Waals surface area contributed by atoms with Crippen LogP contribution in [0.4, 0.5) is 0 Å². The second-order valence-electron chi connectivity index (χ2n) is 0.283. The molecule has 0 aromatic carbocycles. The maximum atomic E-state index is 7.72. The Hall–Kier alpha value is 1.14. The van der Waals surface area contributed by atoms with Gasteiger partial charge in [-0.3, -0.25) is 0 Å². The van der Waals surface area contributed by atoms with Crippen molar-refractivity contribution in [3.8, 4) is 0 Å². The standard InChI is InChI=1S/H3O2PTe/c1-3(2)4/h3H,(H2,1,2,4). The van der Waals surface area contributed by atoms with E-state index in [1.807, 2.05) is 0 Å². The third kappa shape index (κ3) is 11.1. The predicted molar refractivity (Wildman–Crippen MR) is 18.5 cm³/mol. The van der Waals surface area contributed by atoms with E-state index in [-0.39, 0.29) is 0 Å². The molecule has 0 saturated carbocycles. The second-order valence-corrected chi connectivity index (χ2v) is 3.97. The van der Waals surface area contributed by atoms with Crippen molar-refractivity contribution < 1.29 is 9.79 Å². The van der Waals surface area contributed by atoms with Crippen molar-refractivity contribution in [2.75, 3.05) is 0 Å². The summed E-state index contributed by atoms with van der Waals surface area (Å²) < 4.78 is 0. The molecule has 0 aliphatic heterocycles. The first-order valence-electron chi connectivity index (χ1n) is 0.651. The number of rotatable bonds is 0. The normalized spacial score (nSPS) is 8.75. The molecule has 0 atom stereocenters. The van der Waals surface area contributed by atoms with E-state index in [1.165, 1.54) is 21.2 Å². The van der Waals surface area contributed by atoms with Gasteiger partial charge >= 0.3 is 36.6 Å². The molecule has 0 spiro atoms. The van der Waals surface area contributed by atoms with Gasteiger partial charge in [-0.05, 0) is 0 Å². The van der Waals surface area contributed by atoms with E-state index in [9.17, 15) is 0 Å². The van der Waals surface area contributed by atoms with Gasteiger partial charge in [0.25, 0.3) is 0 Å². The van der Waals surface area contributed by atoms with Gasteiger partial charge in [0, 0.05) is 0 Å². The van der Waals surface area contributed by atoms with Crippen LogP contribution in [0.25, 0.3) is 0 Å². The van der Waals surface area contributed by atoms with Gasteiger partial charge in [-0.15, -0.1) is 0 Å². The van der Waals surface area contributed by atoms with E-state index < -0.39 is 5.60 Å². The van der Waals surface area contributed by atoms with Gasteiger partial charge in [-0.25, -0.2) is 0 Å². The van der Waals surface area contributed by atoms with E-state index >= 15 is 0 Å². The third-order valence-corrected chi connectivity index (χ3v) is 0. The van der Waals surface area contributed by atoms with Gasteiger partial charge in [0.05, 0.1) is 0 Å². The van der Waals surface area contributed by atoms with E-state index in [0.717, 1.165) is 0 Å². The fourth-order valence-electron chi connectivity index (χ4n) is 0. The zero-order valence-electron chi connectivity index (χ0n) is 1.80. The molecule has 0 saturated heterocycles. The minimum atomic E-state index is -1.87. The van der Waals surface area contributed by atoms with Crippen LogP contribution in [0.3, 0.4) is 0 Å². The van der Waals surface area contributed by atoms with Crippen LogP contribution in [0.2, 0.25) is 0 Å². The summed E-state index contributed by atoms with van der Waals surface area (Å²) in [4.78, 5) is 15.4. The van der Waals surface area contributed by atoms with Crippen LogP contribution in [0.15, 0.2) is 0 Å². The molecule has 0 radical (unpaired) electrons. The minimum absolute atomic E-state index is 1.32. The molecule has 0 rings (SSSR count). The Balaban J connectivity index is 2.80. The van der Waals surface area contributed by atoms with Gasteiger partial charge in [-0.2, -0.15) is 0 Å². The second kappa shape index (κ2) is 2.38. The van der Waals surface area contributed by atoms with E-state index in [0.29, 0.717) is 0 Å². The fraction of sp³-hybridized carbons (Fsp3) is 0. The zero-order chi connectivity index (χ0) is 3.58. The molecule has 0 bridgehead atoms. The molecule has 26 valence electrons. The van der Waals surface area contributed by atoms with Crippen molar-refractivity contribution in [1.29, 1.82) is 0 Å². The molecule has 4 heavy (non-hydrogen) atoms. The van der Waals surface area contributed by atoms with Crippen molar-refractivity contribution in [2.45, 2.75) is 0 Å². The fourth-order valence-corrected chi connectivity index (χ4v) is 0. The van der Waals surface area contributed by atoms with Gasteiger partial charge in [0.1, 0.15) is 0 Å². The van der Waals surface area contributed by atoms with E-state index in [2.05, 4.69) is 0 Å². The first-order valence-corrected chi connectivity index (χ1v) is 5.45. The maximum absolute atomic E-state index is 7.72. The molecule has 0 aliphatic carbocycles. The number of hydrogen-bond acceptors (Lipinski definition) is 2. The summed E-state index contributed by atoms with van der Waals surface area (Å²) in [6.45, 7) is 0. The Bertz CT molecular complexity index is 29.0. The predicted octanol–water partition coefficient (Wildman–Crippen LogP) is -0.901. The van der Waals surface area contributed by atoms with Gasteiger partial charge in [-0.1, -0.05) is 0 Å². The summed E-state index contributed by atoms with van der Waals surface area (Å²) in [5.74, 6) is 0. The Morgan fingerprint density at radius 1 is 1.50 bits per heavy atom. The molecule has 2 N–H and O–H groups in total. The van der Waals surface area contributed by atoms with Crippen molar-refractivity contribution in [3.63, 3.8) is 0 Å². The molecule has 0 aliphatic rings.